The first-order chi connectivity index (χ1) is 9.04. The van der Waals surface area contributed by atoms with Gasteiger partial charge >= 0.3 is 0 Å². The van der Waals surface area contributed by atoms with Crippen LogP contribution in [0.15, 0.2) is 18.2 Å². The summed E-state index contributed by atoms with van der Waals surface area (Å²) in [5.41, 5.74) is 1.65. The minimum atomic E-state index is -2.37. The lowest BCUT2D eigenvalue weighted by molar-refractivity contribution is 0.156. The fourth-order valence-electron chi connectivity index (χ4n) is 1.77. The van der Waals surface area contributed by atoms with Gasteiger partial charge in [0.1, 0.15) is 0 Å². The molecule has 0 aromatic heterocycles. The number of benzene rings is 1. The van der Waals surface area contributed by atoms with Gasteiger partial charge in [-0.3, -0.25) is 0 Å². The van der Waals surface area contributed by atoms with Gasteiger partial charge in [-0.05, 0) is 23.8 Å². The molecule has 0 atom stereocenters. The molecule has 1 rings (SSSR count). The summed E-state index contributed by atoms with van der Waals surface area (Å²) in [6, 6.07) is 5.26. The summed E-state index contributed by atoms with van der Waals surface area (Å²) in [5, 5.41) is 3.78. The lowest BCUT2D eigenvalue weighted by atomic mass is 10.1. The first-order valence-corrected chi connectivity index (χ1v) is 6.39. The van der Waals surface area contributed by atoms with Crippen molar-refractivity contribution < 1.29 is 13.5 Å². The van der Waals surface area contributed by atoms with Crippen LogP contribution in [0.1, 0.15) is 5.56 Å². The zero-order valence-corrected chi connectivity index (χ0v) is 11.9. The van der Waals surface area contributed by atoms with Crippen LogP contribution in [-0.2, 0) is 11.3 Å². The third kappa shape index (κ3) is 5.72. The molecular weight excluding hydrogens is 274 g/mol. The fraction of sp³-hybridized carbons (Fsp3) is 0.538. The molecule has 0 aliphatic rings. The Morgan fingerprint density at radius 3 is 2.79 bits per heavy atom. The van der Waals surface area contributed by atoms with Gasteiger partial charge in [-0.2, -0.15) is 0 Å². The van der Waals surface area contributed by atoms with Crippen LogP contribution in [0.5, 0.6) is 0 Å². The predicted molar refractivity (Wildman–Crippen MR) is 74.3 cm³/mol. The summed E-state index contributed by atoms with van der Waals surface area (Å²) in [7, 11) is 3.27. The Labute approximate surface area is 117 Å². The minimum absolute atomic E-state index is 0.299. The van der Waals surface area contributed by atoms with Crippen molar-refractivity contribution in [1.29, 1.82) is 0 Å². The lowest BCUT2D eigenvalue weighted by Crippen LogP contribution is -2.26. The number of halogens is 3. The number of hydrogen-bond acceptors (Lipinski definition) is 3. The van der Waals surface area contributed by atoms with Gasteiger partial charge in [-0.15, -0.1) is 0 Å². The molecule has 0 aliphatic carbocycles. The highest BCUT2D eigenvalue weighted by atomic mass is 35.5. The maximum atomic E-state index is 12.4. The summed E-state index contributed by atoms with van der Waals surface area (Å²) in [4.78, 5) is 1.54. The average Bonchev–Trinajstić information content (AvgIpc) is 2.34. The maximum Gasteiger partial charge on any atom is 0.255 e. The molecule has 0 radical (unpaired) electrons. The van der Waals surface area contributed by atoms with Gasteiger partial charge in [-0.1, -0.05) is 11.6 Å². The molecule has 0 fully saturated rings. The molecule has 0 unspecified atom stereocenters. The van der Waals surface area contributed by atoms with Gasteiger partial charge in [0.15, 0.2) is 0 Å². The van der Waals surface area contributed by atoms with Gasteiger partial charge in [0, 0.05) is 38.0 Å². The number of ether oxygens (including phenoxy) is 1. The molecule has 0 spiro atoms. The normalized spacial score (nSPS) is 11.1. The first-order valence-electron chi connectivity index (χ1n) is 6.02. The molecule has 1 aromatic rings. The van der Waals surface area contributed by atoms with Crippen molar-refractivity contribution in [2.75, 3.05) is 38.8 Å². The second-order valence-corrected chi connectivity index (χ2v) is 4.65. The molecule has 0 aliphatic heterocycles. The zero-order chi connectivity index (χ0) is 14.3. The van der Waals surface area contributed by atoms with E-state index in [0.29, 0.717) is 24.7 Å². The van der Waals surface area contributed by atoms with Crippen molar-refractivity contribution in [2.45, 2.75) is 13.0 Å². The summed E-state index contributed by atoms with van der Waals surface area (Å²) < 4.78 is 29.8. The smallest absolute Gasteiger partial charge is 0.255 e. The van der Waals surface area contributed by atoms with Gasteiger partial charge in [-0.25, -0.2) is 8.78 Å². The Morgan fingerprint density at radius 2 is 2.16 bits per heavy atom. The number of nitrogens with one attached hydrogen (secondary N) is 1. The van der Waals surface area contributed by atoms with E-state index in [1.165, 1.54) is 4.90 Å². The van der Waals surface area contributed by atoms with E-state index in [1.807, 2.05) is 0 Å². The second kappa shape index (κ2) is 8.30. The number of nitrogens with zero attached hydrogens (tertiary/aromatic N) is 1. The molecule has 0 amide bonds. The fourth-order valence-corrected chi connectivity index (χ4v) is 1.97. The van der Waals surface area contributed by atoms with Crippen LogP contribution < -0.4 is 10.2 Å². The molecule has 0 saturated heterocycles. The molecule has 6 heteroatoms. The Hall–Kier alpha value is -0.910. The topological polar surface area (TPSA) is 24.5 Å². The lowest BCUT2D eigenvalue weighted by Gasteiger charge is -2.22. The summed E-state index contributed by atoms with van der Waals surface area (Å²) >= 11 is 5.95. The molecule has 3 nitrogen and oxygen atoms in total. The van der Waals surface area contributed by atoms with Crippen LogP contribution in [0, 0.1) is 0 Å². The molecule has 0 bridgehead atoms. The summed E-state index contributed by atoms with van der Waals surface area (Å²) in [6.07, 6.45) is -2.37. The Balaban J connectivity index is 2.73. The van der Waals surface area contributed by atoms with Crippen LogP contribution >= 0.6 is 11.6 Å². The van der Waals surface area contributed by atoms with E-state index in [0.717, 1.165) is 11.3 Å². The van der Waals surface area contributed by atoms with E-state index in [1.54, 1.807) is 32.4 Å². The summed E-state index contributed by atoms with van der Waals surface area (Å²) in [6.45, 7) is 1.56. The predicted octanol–water partition coefficient (Wildman–Crippen LogP) is 2.78. The molecule has 0 heterocycles. The van der Waals surface area contributed by atoms with Crippen molar-refractivity contribution in [3.63, 3.8) is 0 Å². The van der Waals surface area contributed by atoms with Gasteiger partial charge in [0.2, 0.25) is 0 Å². The maximum absolute atomic E-state index is 12.4. The van der Waals surface area contributed by atoms with Crippen molar-refractivity contribution in [1.82, 2.24) is 5.32 Å². The van der Waals surface area contributed by atoms with Crippen molar-refractivity contribution in [3.05, 3.63) is 28.8 Å². The van der Waals surface area contributed by atoms with Crippen LogP contribution in [0.25, 0.3) is 0 Å². The van der Waals surface area contributed by atoms with E-state index in [2.05, 4.69) is 5.32 Å². The number of alkyl halides is 2. The minimum Gasteiger partial charge on any atom is -0.383 e. The largest absolute Gasteiger partial charge is 0.383 e. The molecule has 19 heavy (non-hydrogen) atoms. The number of anilines is 1. The highest BCUT2D eigenvalue weighted by molar-refractivity contribution is 6.30. The van der Waals surface area contributed by atoms with Crippen molar-refractivity contribution >= 4 is 17.3 Å². The standard InChI is InChI=1S/C13H19ClF2N2O/c1-18(9-13(15)16)12-4-3-11(14)7-10(12)8-17-5-6-19-2/h3-4,7,13,17H,5-6,8-9H2,1-2H3. The average molecular weight is 293 g/mol. The first kappa shape index (κ1) is 16.1. The number of methoxy groups -OCH3 is 1. The molecule has 1 N–H and O–H groups in total. The third-order valence-electron chi connectivity index (χ3n) is 2.66. The Kier molecular flexibility index (Phi) is 7.05. The van der Waals surface area contributed by atoms with Gasteiger partial charge in [0.05, 0.1) is 13.2 Å². The zero-order valence-electron chi connectivity index (χ0n) is 11.1. The monoisotopic (exact) mass is 292 g/mol. The number of rotatable bonds is 8. The van der Waals surface area contributed by atoms with E-state index >= 15 is 0 Å². The van der Waals surface area contributed by atoms with E-state index in [4.69, 9.17) is 16.3 Å². The highest BCUT2D eigenvalue weighted by Crippen LogP contribution is 2.24. The quantitative estimate of drug-likeness (QED) is 0.746. The highest BCUT2D eigenvalue weighted by Gasteiger charge is 2.12. The van der Waals surface area contributed by atoms with E-state index in [-0.39, 0.29) is 6.54 Å². The second-order valence-electron chi connectivity index (χ2n) is 4.21. The van der Waals surface area contributed by atoms with Crippen LogP contribution in [0.4, 0.5) is 14.5 Å². The third-order valence-corrected chi connectivity index (χ3v) is 2.90. The number of hydrogen-bond donors (Lipinski definition) is 1. The molecular formula is C13H19ClF2N2O. The van der Waals surface area contributed by atoms with Crippen molar-refractivity contribution in [2.24, 2.45) is 0 Å². The summed E-state index contributed by atoms with van der Waals surface area (Å²) in [5.74, 6) is 0. The Morgan fingerprint density at radius 1 is 1.42 bits per heavy atom. The van der Waals surface area contributed by atoms with Crippen LogP contribution in [0.2, 0.25) is 5.02 Å². The van der Waals surface area contributed by atoms with E-state index < -0.39 is 6.43 Å². The van der Waals surface area contributed by atoms with E-state index in [9.17, 15) is 8.78 Å². The van der Waals surface area contributed by atoms with Gasteiger partial charge < -0.3 is 15.0 Å². The molecule has 0 saturated carbocycles. The van der Waals surface area contributed by atoms with Crippen LogP contribution in [-0.4, -0.2) is 40.3 Å². The molecule has 108 valence electrons. The molecule has 1 aromatic carbocycles. The van der Waals surface area contributed by atoms with Crippen molar-refractivity contribution in [3.8, 4) is 0 Å². The van der Waals surface area contributed by atoms with Crippen LogP contribution in [0.3, 0.4) is 0 Å². The van der Waals surface area contributed by atoms with Gasteiger partial charge in [0.25, 0.3) is 6.43 Å². The SMILES string of the molecule is COCCNCc1cc(Cl)ccc1N(C)CC(F)F. The Bertz CT molecular complexity index is 391.